The first-order chi connectivity index (χ1) is 12.1. The first-order valence-corrected chi connectivity index (χ1v) is 8.84. The van der Waals surface area contributed by atoms with Gasteiger partial charge in [0.1, 0.15) is 5.82 Å². The van der Waals surface area contributed by atoms with E-state index < -0.39 is 6.10 Å². The van der Waals surface area contributed by atoms with Crippen molar-refractivity contribution in [2.75, 3.05) is 13.6 Å². The van der Waals surface area contributed by atoms with Gasteiger partial charge in [0.2, 0.25) is 0 Å². The van der Waals surface area contributed by atoms with E-state index in [9.17, 15) is 9.50 Å². The Labute approximate surface area is 147 Å². The molecule has 1 N–H and O–H groups in total. The van der Waals surface area contributed by atoms with Crippen LogP contribution in [0.15, 0.2) is 48.5 Å². The van der Waals surface area contributed by atoms with Gasteiger partial charge in [-0.15, -0.1) is 0 Å². The molecule has 1 unspecified atom stereocenters. The highest BCUT2D eigenvalue weighted by Gasteiger charge is 2.23. The minimum absolute atomic E-state index is 0.190. The highest BCUT2D eigenvalue weighted by atomic mass is 19.1. The van der Waals surface area contributed by atoms with Gasteiger partial charge in [0.05, 0.1) is 6.10 Å². The first-order valence-electron chi connectivity index (χ1n) is 8.84. The van der Waals surface area contributed by atoms with Crippen molar-refractivity contribution in [2.45, 2.75) is 32.0 Å². The Kier molecular flexibility index (Phi) is 4.32. The highest BCUT2D eigenvalue weighted by molar-refractivity contribution is 5.86. The molecule has 0 amide bonds. The summed E-state index contributed by atoms with van der Waals surface area (Å²) in [6, 6.07) is 14.8. The van der Waals surface area contributed by atoms with E-state index in [1.807, 2.05) is 36.4 Å². The summed E-state index contributed by atoms with van der Waals surface area (Å²) in [4.78, 5) is 2.27. The molecular weight excluding hydrogens is 315 g/mol. The topological polar surface area (TPSA) is 28.4 Å². The number of likely N-dealkylation sites (N-methyl/N-ethyl adjacent to an activating group) is 1. The molecule has 3 nitrogen and oxygen atoms in total. The second-order valence-electron chi connectivity index (χ2n) is 6.94. The fourth-order valence-electron chi connectivity index (χ4n) is 3.91. The number of hydrogen-bond donors (Lipinski definition) is 1. The number of aliphatic hydroxyl groups excluding tert-OH is 1. The van der Waals surface area contributed by atoms with Crippen molar-refractivity contribution in [3.8, 4) is 0 Å². The molecule has 0 spiro atoms. The number of hydrogen-bond acceptors (Lipinski definition) is 2. The number of aryl methyl sites for hydroxylation is 1. The van der Waals surface area contributed by atoms with E-state index in [0.29, 0.717) is 6.42 Å². The van der Waals surface area contributed by atoms with E-state index in [-0.39, 0.29) is 5.82 Å². The Balaban J connectivity index is 1.67. The molecule has 0 saturated carbocycles. The normalized spacial score (nSPS) is 16.1. The summed E-state index contributed by atoms with van der Waals surface area (Å²) in [7, 11) is 2.10. The molecule has 0 bridgehead atoms. The smallest absolute Gasteiger partial charge is 0.123 e. The van der Waals surface area contributed by atoms with E-state index in [1.54, 1.807) is 6.07 Å². The molecule has 1 atom stereocenters. The second-order valence-corrected chi connectivity index (χ2v) is 6.94. The number of aromatic nitrogens is 1. The minimum Gasteiger partial charge on any atom is -0.388 e. The Morgan fingerprint density at radius 1 is 1.16 bits per heavy atom. The van der Waals surface area contributed by atoms with Crippen molar-refractivity contribution < 1.29 is 9.50 Å². The highest BCUT2D eigenvalue weighted by Crippen LogP contribution is 2.32. The van der Waals surface area contributed by atoms with E-state index in [2.05, 4.69) is 16.5 Å². The Morgan fingerprint density at radius 2 is 1.96 bits per heavy atom. The number of benzene rings is 2. The van der Waals surface area contributed by atoms with E-state index in [0.717, 1.165) is 42.5 Å². The third kappa shape index (κ3) is 3.08. The monoisotopic (exact) mass is 338 g/mol. The molecule has 0 fully saturated rings. The molecule has 2 aromatic carbocycles. The van der Waals surface area contributed by atoms with Crippen LogP contribution in [0, 0.1) is 5.82 Å². The number of aliphatic hydroxyl groups is 1. The van der Waals surface area contributed by atoms with Crippen LogP contribution in [-0.4, -0.2) is 28.2 Å². The van der Waals surface area contributed by atoms with Gasteiger partial charge in [0, 0.05) is 42.7 Å². The molecule has 1 aliphatic heterocycles. The number of rotatable bonds is 4. The van der Waals surface area contributed by atoms with Crippen molar-refractivity contribution in [2.24, 2.45) is 0 Å². The summed E-state index contributed by atoms with van der Waals surface area (Å²) >= 11 is 0. The van der Waals surface area contributed by atoms with Gasteiger partial charge in [-0.3, -0.25) is 0 Å². The van der Waals surface area contributed by atoms with Crippen LogP contribution in [0.2, 0.25) is 0 Å². The quantitative estimate of drug-likeness (QED) is 0.782. The number of halogens is 1. The molecule has 3 aromatic rings. The molecule has 0 saturated heterocycles. The zero-order valence-electron chi connectivity index (χ0n) is 14.5. The maximum Gasteiger partial charge on any atom is 0.123 e. The van der Waals surface area contributed by atoms with Gasteiger partial charge in [0.15, 0.2) is 0 Å². The summed E-state index contributed by atoms with van der Waals surface area (Å²) in [6.45, 7) is 2.59. The fourth-order valence-corrected chi connectivity index (χ4v) is 3.91. The summed E-state index contributed by atoms with van der Waals surface area (Å²) in [5.41, 5.74) is 4.54. The predicted octanol–water partition coefficient (Wildman–Crippen LogP) is 3.89. The van der Waals surface area contributed by atoms with Gasteiger partial charge in [0.25, 0.3) is 0 Å². The third-order valence-electron chi connectivity index (χ3n) is 5.22. The lowest BCUT2D eigenvalue weighted by atomic mass is 10.0. The molecule has 1 aromatic heterocycles. The van der Waals surface area contributed by atoms with Crippen LogP contribution in [-0.2, 0) is 19.5 Å². The van der Waals surface area contributed by atoms with Crippen LogP contribution >= 0.6 is 0 Å². The SMILES string of the molecule is CN1CCc2c(c3cc(F)ccc3n2CCC(O)c2ccccc2)C1. The Morgan fingerprint density at radius 3 is 2.76 bits per heavy atom. The lowest BCUT2D eigenvalue weighted by Crippen LogP contribution is -2.27. The summed E-state index contributed by atoms with van der Waals surface area (Å²) in [6.07, 6.45) is 1.12. The van der Waals surface area contributed by atoms with Gasteiger partial charge in [-0.05, 0) is 42.8 Å². The lowest BCUT2D eigenvalue weighted by Gasteiger charge is -2.24. The molecule has 25 heavy (non-hydrogen) atoms. The number of nitrogens with zero attached hydrogens (tertiary/aromatic N) is 2. The van der Waals surface area contributed by atoms with Crippen molar-refractivity contribution in [3.63, 3.8) is 0 Å². The third-order valence-corrected chi connectivity index (χ3v) is 5.22. The standard InChI is InChI=1S/C21H23FN2O/c1-23-11-9-20-18(14-23)17-13-16(22)7-8-19(17)24(20)12-10-21(25)15-5-3-2-4-6-15/h2-8,13,21,25H,9-12,14H2,1H3. The summed E-state index contributed by atoms with van der Waals surface area (Å²) in [5.74, 6) is -0.190. The van der Waals surface area contributed by atoms with Crippen molar-refractivity contribution >= 4 is 10.9 Å². The van der Waals surface area contributed by atoms with Gasteiger partial charge in [-0.1, -0.05) is 30.3 Å². The van der Waals surface area contributed by atoms with Crippen LogP contribution < -0.4 is 0 Å². The lowest BCUT2D eigenvalue weighted by molar-refractivity contribution is 0.161. The molecule has 0 aliphatic carbocycles. The Hall–Kier alpha value is -2.17. The van der Waals surface area contributed by atoms with Crippen molar-refractivity contribution in [1.82, 2.24) is 9.47 Å². The van der Waals surface area contributed by atoms with Gasteiger partial charge in [-0.25, -0.2) is 4.39 Å². The number of fused-ring (bicyclic) bond motifs is 3. The van der Waals surface area contributed by atoms with E-state index in [1.165, 1.54) is 17.3 Å². The molecule has 1 aliphatic rings. The van der Waals surface area contributed by atoms with Gasteiger partial charge < -0.3 is 14.6 Å². The molecular formula is C21H23FN2O. The van der Waals surface area contributed by atoms with Crippen molar-refractivity contribution in [1.29, 1.82) is 0 Å². The van der Waals surface area contributed by atoms with Crippen LogP contribution in [0.5, 0.6) is 0 Å². The molecule has 0 radical (unpaired) electrons. The first kappa shape index (κ1) is 16.3. The molecule has 130 valence electrons. The van der Waals surface area contributed by atoms with Gasteiger partial charge in [-0.2, -0.15) is 0 Å². The minimum atomic E-state index is -0.485. The molecule has 4 rings (SSSR count). The van der Waals surface area contributed by atoms with E-state index >= 15 is 0 Å². The largest absolute Gasteiger partial charge is 0.388 e. The summed E-state index contributed by atoms with van der Waals surface area (Å²) < 4.78 is 16.1. The van der Waals surface area contributed by atoms with Crippen LogP contribution in [0.1, 0.15) is 29.3 Å². The molecule has 2 heterocycles. The van der Waals surface area contributed by atoms with Gasteiger partial charge >= 0.3 is 0 Å². The average molecular weight is 338 g/mol. The fraction of sp³-hybridized carbons (Fsp3) is 0.333. The Bertz CT molecular complexity index is 888. The zero-order valence-corrected chi connectivity index (χ0v) is 14.5. The summed E-state index contributed by atoms with van der Waals surface area (Å²) in [5, 5.41) is 11.5. The zero-order chi connectivity index (χ0) is 17.4. The van der Waals surface area contributed by atoms with Crippen molar-refractivity contribution in [3.05, 3.63) is 71.2 Å². The maximum atomic E-state index is 13.8. The van der Waals surface area contributed by atoms with Crippen LogP contribution in [0.4, 0.5) is 4.39 Å². The molecule has 4 heteroatoms. The second kappa shape index (κ2) is 6.62. The van der Waals surface area contributed by atoms with E-state index in [4.69, 9.17) is 0 Å². The predicted molar refractivity (Wildman–Crippen MR) is 98.0 cm³/mol. The average Bonchev–Trinajstić information content (AvgIpc) is 2.92. The van der Waals surface area contributed by atoms with Crippen LogP contribution in [0.3, 0.4) is 0 Å². The van der Waals surface area contributed by atoms with Crippen LogP contribution in [0.25, 0.3) is 10.9 Å². The maximum absolute atomic E-state index is 13.8.